The van der Waals surface area contributed by atoms with Crippen molar-refractivity contribution in [3.8, 4) is 0 Å². The van der Waals surface area contributed by atoms with Crippen LogP contribution >= 0.6 is 0 Å². The monoisotopic (exact) mass is 320 g/mol. The first-order chi connectivity index (χ1) is 10.2. The van der Waals surface area contributed by atoms with E-state index in [0.717, 1.165) is 0 Å². The van der Waals surface area contributed by atoms with E-state index >= 15 is 0 Å². The Labute approximate surface area is 126 Å². The summed E-state index contributed by atoms with van der Waals surface area (Å²) in [6.45, 7) is 0.505. The highest BCUT2D eigenvalue weighted by Gasteiger charge is 2.21. The molecule has 0 aliphatic heterocycles. The van der Waals surface area contributed by atoms with E-state index in [1.165, 1.54) is 0 Å². The molecule has 0 bridgehead atoms. The molecule has 0 aliphatic rings. The van der Waals surface area contributed by atoms with Crippen molar-refractivity contribution in [3.05, 3.63) is 0 Å². The molecule has 0 saturated carbocycles. The second-order valence-corrected chi connectivity index (χ2v) is 4.59. The van der Waals surface area contributed by atoms with Crippen LogP contribution in [0.1, 0.15) is 25.7 Å². The fourth-order valence-electron chi connectivity index (χ4n) is 1.65. The average molecular weight is 320 g/mol. The molecule has 0 radical (unpaired) electrons. The lowest BCUT2D eigenvalue weighted by molar-refractivity contribution is -0.146. The number of aliphatic carboxylic acids is 4. The van der Waals surface area contributed by atoms with Gasteiger partial charge in [0.2, 0.25) is 0 Å². The highest BCUT2D eigenvalue weighted by atomic mass is 16.4. The van der Waals surface area contributed by atoms with Crippen molar-refractivity contribution in [1.82, 2.24) is 10.6 Å². The third-order valence-corrected chi connectivity index (χ3v) is 2.74. The Morgan fingerprint density at radius 3 is 1.23 bits per heavy atom. The zero-order valence-corrected chi connectivity index (χ0v) is 11.8. The molecule has 0 spiro atoms. The van der Waals surface area contributed by atoms with Gasteiger partial charge in [-0.1, -0.05) is 0 Å². The molecule has 0 aromatic heterocycles. The molecule has 126 valence electrons. The number of hydrogen-bond donors (Lipinski definition) is 6. The fourth-order valence-corrected chi connectivity index (χ4v) is 1.65. The van der Waals surface area contributed by atoms with Crippen molar-refractivity contribution >= 4 is 23.9 Å². The molecular weight excluding hydrogens is 300 g/mol. The Morgan fingerprint density at radius 2 is 1.00 bits per heavy atom. The van der Waals surface area contributed by atoms with E-state index in [-0.39, 0.29) is 13.1 Å². The largest absolute Gasteiger partial charge is 0.481 e. The van der Waals surface area contributed by atoms with Crippen molar-refractivity contribution in [2.45, 2.75) is 37.8 Å². The van der Waals surface area contributed by atoms with Crippen LogP contribution in [0.4, 0.5) is 0 Å². The number of carbonyl (C=O) groups is 4. The Hall–Kier alpha value is -2.20. The van der Waals surface area contributed by atoms with Gasteiger partial charge in [-0.25, -0.2) is 0 Å². The molecule has 0 saturated heterocycles. The Kier molecular flexibility index (Phi) is 9.46. The molecule has 2 unspecified atom stereocenters. The maximum absolute atomic E-state index is 10.8. The standard InChI is InChI=1S/C12H20N2O8/c15-9(16)5-7(11(19)20)13-3-1-2-4-14-8(12(21)22)6-10(17)18/h7-8,13-14H,1-6H2,(H,15,16)(H,17,18)(H,19,20)(H,21,22). The smallest absolute Gasteiger partial charge is 0.321 e. The predicted molar refractivity (Wildman–Crippen MR) is 72.6 cm³/mol. The van der Waals surface area contributed by atoms with Crippen LogP contribution < -0.4 is 10.6 Å². The maximum atomic E-state index is 10.8. The topological polar surface area (TPSA) is 173 Å². The van der Waals surface area contributed by atoms with Crippen LogP contribution in [0.2, 0.25) is 0 Å². The summed E-state index contributed by atoms with van der Waals surface area (Å²) in [4.78, 5) is 42.4. The van der Waals surface area contributed by atoms with Crippen molar-refractivity contribution < 1.29 is 39.6 Å². The van der Waals surface area contributed by atoms with Gasteiger partial charge in [0.15, 0.2) is 0 Å². The molecule has 22 heavy (non-hydrogen) atoms. The van der Waals surface area contributed by atoms with Gasteiger partial charge in [-0.05, 0) is 25.9 Å². The van der Waals surface area contributed by atoms with Gasteiger partial charge in [-0.2, -0.15) is 0 Å². The summed E-state index contributed by atoms with van der Waals surface area (Å²) < 4.78 is 0. The highest BCUT2D eigenvalue weighted by molar-refractivity contribution is 5.81. The van der Waals surface area contributed by atoms with Crippen LogP contribution in [0, 0.1) is 0 Å². The van der Waals surface area contributed by atoms with Crippen molar-refractivity contribution in [2.75, 3.05) is 13.1 Å². The molecule has 6 N–H and O–H groups in total. The first-order valence-electron chi connectivity index (χ1n) is 6.60. The van der Waals surface area contributed by atoms with Crippen LogP contribution in [0.5, 0.6) is 0 Å². The molecule has 0 rings (SSSR count). The molecular formula is C12H20N2O8. The fraction of sp³-hybridized carbons (Fsp3) is 0.667. The number of unbranched alkanes of at least 4 members (excludes halogenated alkanes) is 1. The first-order valence-corrected chi connectivity index (χ1v) is 6.60. The molecule has 10 heteroatoms. The van der Waals surface area contributed by atoms with Gasteiger partial charge in [0, 0.05) is 0 Å². The minimum absolute atomic E-state index is 0.253. The molecule has 0 fully saturated rings. The van der Waals surface area contributed by atoms with Gasteiger partial charge in [-0.3, -0.25) is 19.2 Å². The Bertz CT molecular complexity index is 374. The van der Waals surface area contributed by atoms with Gasteiger partial charge in [0.25, 0.3) is 0 Å². The second kappa shape index (κ2) is 10.5. The van der Waals surface area contributed by atoms with E-state index in [2.05, 4.69) is 10.6 Å². The summed E-state index contributed by atoms with van der Waals surface area (Å²) in [5.41, 5.74) is 0. The minimum Gasteiger partial charge on any atom is -0.481 e. The number of nitrogens with one attached hydrogen (secondary N) is 2. The SMILES string of the molecule is O=C(O)CC(NCCCCNC(CC(=O)O)C(=O)O)C(=O)O. The number of carboxylic acids is 4. The summed E-state index contributed by atoms with van der Waals surface area (Å²) in [6, 6.07) is -2.35. The zero-order chi connectivity index (χ0) is 17.1. The minimum atomic E-state index is -1.26. The molecule has 0 aromatic carbocycles. The number of carboxylic acid groups (broad SMARTS) is 4. The lowest BCUT2D eigenvalue weighted by atomic mass is 10.2. The molecule has 10 nitrogen and oxygen atoms in total. The lowest BCUT2D eigenvalue weighted by Crippen LogP contribution is -2.40. The third-order valence-electron chi connectivity index (χ3n) is 2.74. The quantitative estimate of drug-likeness (QED) is 0.226. The number of rotatable bonds is 13. The Morgan fingerprint density at radius 1 is 0.682 bits per heavy atom. The van der Waals surface area contributed by atoms with E-state index < -0.39 is 48.8 Å². The average Bonchev–Trinajstić information content (AvgIpc) is 2.38. The summed E-state index contributed by atoms with van der Waals surface area (Å²) >= 11 is 0. The Balaban J connectivity index is 3.91. The summed E-state index contributed by atoms with van der Waals surface area (Å²) in [7, 11) is 0. The summed E-state index contributed by atoms with van der Waals surface area (Å²) in [5, 5.41) is 39.8. The predicted octanol–water partition coefficient (Wildman–Crippen LogP) is -1.20. The second-order valence-electron chi connectivity index (χ2n) is 4.59. The van der Waals surface area contributed by atoms with Crippen molar-refractivity contribution in [3.63, 3.8) is 0 Å². The molecule has 0 aromatic rings. The van der Waals surface area contributed by atoms with Crippen LogP contribution in [0.25, 0.3) is 0 Å². The lowest BCUT2D eigenvalue weighted by Gasteiger charge is -2.14. The normalized spacial score (nSPS) is 13.3. The molecule has 0 aliphatic carbocycles. The van der Waals surface area contributed by atoms with Crippen molar-refractivity contribution in [2.24, 2.45) is 0 Å². The van der Waals surface area contributed by atoms with Gasteiger partial charge in [-0.15, -0.1) is 0 Å². The van der Waals surface area contributed by atoms with Crippen LogP contribution in [-0.4, -0.2) is 69.5 Å². The van der Waals surface area contributed by atoms with E-state index in [4.69, 9.17) is 20.4 Å². The van der Waals surface area contributed by atoms with E-state index in [1.807, 2.05) is 0 Å². The first kappa shape index (κ1) is 19.8. The van der Waals surface area contributed by atoms with Crippen LogP contribution in [-0.2, 0) is 19.2 Å². The van der Waals surface area contributed by atoms with E-state index in [9.17, 15) is 19.2 Å². The molecule has 2 atom stereocenters. The van der Waals surface area contributed by atoms with Crippen LogP contribution in [0.3, 0.4) is 0 Å². The van der Waals surface area contributed by atoms with E-state index in [0.29, 0.717) is 12.8 Å². The van der Waals surface area contributed by atoms with Gasteiger partial charge in [0.1, 0.15) is 12.1 Å². The van der Waals surface area contributed by atoms with Crippen molar-refractivity contribution in [1.29, 1.82) is 0 Å². The maximum Gasteiger partial charge on any atom is 0.321 e. The zero-order valence-electron chi connectivity index (χ0n) is 11.8. The summed E-state index contributed by atoms with van der Waals surface area (Å²) in [6.07, 6.45) is -0.105. The van der Waals surface area contributed by atoms with E-state index in [1.54, 1.807) is 0 Å². The van der Waals surface area contributed by atoms with Crippen LogP contribution in [0.15, 0.2) is 0 Å². The highest BCUT2D eigenvalue weighted by Crippen LogP contribution is 1.96. The molecule has 0 heterocycles. The third kappa shape index (κ3) is 9.66. The van der Waals surface area contributed by atoms with Gasteiger partial charge in [0.05, 0.1) is 12.8 Å². The van der Waals surface area contributed by atoms with Gasteiger partial charge < -0.3 is 31.1 Å². The molecule has 0 amide bonds. The van der Waals surface area contributed by atoms with Gasteiger partial charge >= 0.3 is 23.9 Å². The number of hydrogen-bond acceptors (Lipinski definition) is 6. The summed E-state index contributed by atoms with van der Waals surface area (Å²) in [5.74, 6) is -4.96.